The zero-order valence-electron chi connectivity index (χ0n) is 19.0. The lowest BCUT2D eigenvalue weighted by Gasteiger charge is -2.19. The van der Waals surface area contributed by atoms with Gasteiger partial charge in [0.1, 0.15) is 5.65 Å². The van der Waals surface area contributed by atoms with Gasteiger partial charge >= 0.3 is 0 Å². The van der Waals surface area contributed by atoms with E-state index in [-0.39, 0.29) is 11.8 Å². The van der Waals surface area contributed by atoms with Crippen LogP contribution in [0.1, 0.15) is 34.7 Å². The second-order valence-electron chi connectivity index (χ2n) is 8.40. The maximum atomic E-state index is 12.9. The molecule has 0 fully saturated rings. The molecule has 2 aromatic heterocycles. The molecule has 1 amide bonds. The Hall–Kier alpha value is -3.60. The summed E-state index contributed by atoms with van der Waals surface area (Å²) < 4.78 is 2.11. The van der Waals surface area contributed by atoms with Gasteiger partial charge in [-0.05, 0) is 48.2 Å². The molecule has 1 N–H and O–H groups in total. The molecule has 0 unspecified atom stereocenters. The van der Waals surface area contributed by atoms with E-state index >= 15 is 0 Å². The highest BCUT2D eigenvalue weighted by molar-refractivity contribution is 5.77. The zero-order chi connectivity index (χ0) is 22.5. The fourth-order valence-corrected chi connectivity index (χ4v) is 4.07. The van der Waals surface area contributed by atoms with Crippen LogP contribution in [0.15, 0.2) is 79.1 Å². The molecule has 0 saturated carbocycles. The summed E-state index contributed by atoms with van der Waals surface area (Å²) in [6.45, 7) is 2.69. The Kier molecular flexibility index (Phi) is 6.55. The normalized spacial score (nSPS) is 12.0. The van der Waals surface area contributed by atoms with Crippen LogP contribution in [0.4, 0.5) is 5.69 Å². The lowest BCUT2D eigenvalue weighted by atomic mass is 9.92. The van der Waals surface area contributed by atoms with Crippen LogP contribution in [0.2, 0.25) is 0 Å². The number of aromatic nitrogens is 2. The molecule has 0 radical (unpaired) electrons. The minimum absolute atomic E-state index is 0.0465. The number of nitrogens with one attached hydrogen (secondary N) is 1. The van der Waals surface area contributed by atoms with Crippen LogP contribution < -0.4 is 10.2 Å². The van der Waals surface area contributed by atoms with Gasteiger partial charge in [0, 0.05) is 51.1 Å². The molecular weight excluding hydrogens is 396 g/mol. The molecule has 0 aliphatic carbocycles. The summed E-state index contributed by atoms with van der Waals surface area (Å²) in [5.74, 6) is -0.0371. The predicted octanol–water partition coefficient (Wildman–Crippen LogP) is 4.59. The summed E-state index contributed by atoms with van der Waals surface area (Å²) in [6.07, 6.45) is 5.13. The number of hydrogen-bond acceptors (Lipinski definition) is 3. The molecule has 164 valence electrons. The SMILES string of the molecule is Cc1cccn2c([C@H](CC(=O)NCCc3ccccc3)c3ccc(N(C)C)cc3)cnc12. The van der Waals surface area contributed by atoms with Gasteiger partial charge in [0.25, 0.3) is 0 Å². The van der Waals surface area contributed by atoms with Gasteiger partial charge in [0.15, 0.2) is 0 Å². The minimum atomic E-state index is -0.0836. The van der Waals surface area contributed by atoms with E-state index < -0.39 is 0 Å². The van der Waals surface area contributed by atoms with Crippen molar-refractivity contribution in [1.82, 2.24) is 14.7 Å². The molecule has 0 spiro atoms. The molecule has 1 atom stereocenters. The number of fused-ring (bicyclic) bond motifs is 1. The van der Waals surface area contributed by atoms with E-state index in [4.69, 9.17) is 0 Å². The monoisotopic (exact) mass is 426 g/mol. The molecule has 2 heterocycles. The quantitative estimate of drug-likeness (QED) is 0.448. The first kappa shape index (κ1) is 21.6. The number of imidazole rings is 1. The van der Waals surface area contributed by atoms with Crippen LogP contribution in [0, 0.1) is 6.92 Å². The number of hydrogen-bond donors (Lipinski definition) is 1. The maximum absolute atomic E-state index is 12.9. The molecule has 0 bridgehead atoms. The lowest BCUT2D eigenvalue weighted by Crippen LogP contribution is -2.27. The van der Waals surface area contributed by atoms with Crippen molar-refractivity contribution in [3.05, 3.63) is 102 Å². The second kappa shape index (κ2) is 9.69. The van der Waals surface area contributed by atoms with Gasteiger partial charge in [-0.3, -0.25) is 4.79 Å². The van der Waals surface area contributed by atoms with E-state index in [2.05, 4.69) is 69.0 Å². The Morgan fingerprint density at radius 3 is 2.50 bits per heavy atom. The predicted molar refractivity (Wildman–Crippen MR) is 130 cm³/mol. The van der Waals surface area contributed by atoms with Crippen molar-refractivity contribution in [3.8, 4) is 0 Å². The maximum Gasteiger partial charge on any atom is 0.221 e. The highest BCUT2D eigenvalue weighted by atomic mass is 16.1. The number of aryl methyl sites for hydroxylation is 1. The topological polar surface area (TPSA) is 49.6 Å². The van der Waals surface area contributed by atoms with Gasteiger partial charge in [-0.2, -0.15) is 0 Å². The summed E-state index contributed by atoms with van der Waals surface area (Å²) in [6, 6.07) is 22.8. The number of amides is 1. The smallest absolute Gasteiger partial charge is 0.221 e. The molecular formula is C27H30N4O. The van der Waals surface area contributed by atoms with Crippen molar-refractivity contribution >= 4 is 17.2 Å². The molecule has 32 heavy (non-hydrogen) atoms. The second-order valence-corrected chi connectivity index (χ2v) is 8.40. The summed E-state index contributed by atoms with van der Waals surface area (Å²) in [5, 5.41) is 3.11. The Morgan fingerprint density at radius 2 is 1.78 bits per heavy atom. The number of carbonyl (C=O) groups excluding carboxylic acids is 1. The van der Waals surface area contributed by atoms with E-state index in [1.54, 1.807) is 0 Å². The van der Waals surface area contributed by atoms with Gasteiger partial charge < -0.3 is 14.6 Å². The average molecular weight is 427 g/mol. The highest BCUT2D eigenvalue weighted by Gasteiger charge is 2.22. The molecule has 4 rings (SSSR count). The fraction of sp³-hybridized carbons (Fsp3) is 0.259. The van der Waals surface area contributed by atoms with Gasteiger partial charge in [-0.1, -0.05) is 48.5 Å². The number of anilines is 1. The van der Waals surface area contributed by atoms with Crippen LogP contribution in [0.5, 0.6) is 0 Å². The molecule has 4 aromatic rings. The first-order valence-corrected chi connectivity index (χ1v) is 11.0. The third-order valence-electron chi connectivity index (χ3n) is 5.90. The Bertz CT molecular complexity index is 1180. The summed E-state index contributed by atoms with van der Waals surface area (Å²) in [5.41, 5.74) is 6.54. The first-order valence-electron chi connectivity index (χ1n) is 11.0. The lowest BCUT2D eigenvalue weighted by molar-refractivity contribution is -0.121. The standard InChI is InChI=1S/C27H30N4O/c1-20-8-7-17-31-25(19-29-27(20)31)24(22-11-13-23(14-12-22)30(2)3)18-26(32)28-16-15-21-9-5-4-6-10-21/h4-14,17,19,24H,15-16,18H2,1-3H3,(H,28,32)/t24-/m1/s1. The third kappa shape index (κ3) is 4.83. The van der Waals surface area contributed by atoms with E-state index in [0.717, 1.165) is 34.6 Å². The Labute approximate surface area is 189 Å². The van der Waals surface area contributed by atoms with Gasteiger partial charge in [0.2, 0.25) is 5.91 Å². The van der Waals surface area contributed by atoms with Crippen molar-refractivity contribution in [2.24, 2.45) is 0 Å². The van der Waals surface area contributed by atoms with Gasteiger partial charge in [-0.15, -0.1) is 0 Å². The molecule has 0 aliphatic heterocycles. The molecule has 5 nitrogen and oxygen atoms in total. The minimum Gasteiger partial charge on any atom is -0.378 e. The summed E-state index contributed by atoms with van der Waals surface area (Å²) in [7, 11) is 4.06. The fourth-order valence-electron chi connectivity index (χ4n) is 4.07. The number of pyridine rings is 1. The van der Waals surface area contributed by atoms with Crippen molar-refractivity contribution in [3.63, 3.8) is 0 Å². The number of benzene rings is 2. The number of rotatable bonds is 8. The van der Waals surface area contributed by atoms with Crippen LogP contribution in [-0.4, -0.2) is 35.9 Å². The van der Waals surface area contributed by atoms with Crippen molar-refractivity contribution in [1.29, 1.82) is 0 Å². The number of nitrogens with zero attached hydrogens (tertiary/aromatic N) is 3. The zero-order valence-corrected chi connectivity index (χ0v) is 19.0. The molecule has 5 heteroatoms. The summed E-state index contributed by atoms with van der Waals surface area (Å²) >= 11 is 0. The molecule has 2 aromatic carbocycles. The van der Waals surface area contributed by atoms with E-state index in [1.807, 2.05) is 50.8 Å². The Balaban J connectivity index is 1.57. The highest BCUT2D eigenvalue weighted by Crippen LogP contribution is 2.30. The van der Waals surface area contributed by atoms with Crippen molar-refractivity contribution < 1.29 is 4.79 Å². The van der Waals surface area contributed by atoms with E-state index in [9.17, 15) is 4.79 Å². The average Bonchev–Trinajstić information content (AvgIpc) is 3.23. The number of carbonyl (C=O) groups is 1. The third-order valence-corrected chi connectivity index (χ3v) is 5.90. The van der Waals surface area contributed by atoms with E-state index in [1.165, 1.54) is 5.56 Å². The van der Waals surface area contributed by atoms with Crippen LogP contribution in [0.25, 0.3) is 5.65 Å². The van der Waals surface area contributed by atoms with Gasteiger partial charge in [-0.25, -0.2) is 4.98 Å². The summed E-state index contributed by atoms with van der Waals surface area (Å²) in [4.78, 5) is 19.7. The van der Waals surface area contributed by atoms with Crippen LogP contribution >= 0.6 is 0 Å². The van der Waals surface area contributed by atoms with Crippen molar-refractivity contribution in [2.45, 2.75) is 25.7 Å². The van der Waals surface area contributed by atoms with Crippen LogP contribution in [0.3, 0.4) is 0 Å². The van der Waals surface area contributed by atoms with Crippen LogP contribution in [-0.2, 0) is 11.2 Å². The Morgan fingerprint density at radius 1 is 1.03 bits per heavy atom. The van der Waals surface area contributed by atoms with Gasteiger partial charge in [0.05, 0.1) is 5.69 Å². The van der Waals surface area contributed by atoms with E-state index in [0.29, 0.717) is 13.0 Å². The van der Waals surface area contributed by atoms with Crippen molar-refractivity contribution in [2.75, 3.05) is 25.5 Å². The molecule has 0 aliphatic rings. The molecule has 0 saturated heterocycles. The largest absolute Gasteiger partial charge is 0.378 e. The first-order chi connectivity index (χ1) is 15.5.